The number of nitrogens with zero attached hydrogens (tertiary/aromatic N) is 9. The monoisotopic (exact) mass is 1300 g/mol. The molecule has 0 bridgehead atoms. The van der Waals surface area contributed by atoms with Crippen molar-refractivity contribution >= 4 is 41.3 Å². The highest BCUT2D eigenvalue weighted by Gasteiger charge is 2.41. The van der Waals surface area contributed by atoms with E-state index < -0.39 is 23.0 Å². The lowest BCUT2D eigenvalue weighted by atomic mass is 9.99. The van der Waals surface area contributed by atoms with Crippen molar-refractivity contribution in [2.45, 2.75) is 116 Å². The zero-order chi connectivity index (χ0) is 64.3. The van der Waals surface area contributed by atoms with E-state index in [1.807, 2.05) is 62.5 Å². The van der Waals surface area contributed by atoms with Crippen LogP contribution in [-0.4, -0.2) is 288 Å². The molecule has 3 amide bonds. The first-order chi connectivity index (χ1) is 39.8. The van der Waals surface area contributed by atoms with Crippen molar-refractivity contribution < 1.29 is 79.5 Å². The minimum atomic E-state index is -3.13. The average Bonchev–Trinajstić information content (AvgIpc) is 2.46. The van der Waals surface area contributed by atoms with Gasteiger partial charge >= 0.3 is 41.3 Å². The molecule has 3 aliphatic rings. The second kappa shape index (κ2) is 43.7. The molecule has 0 aliphatic carbocycles. The van der Waals surface area contributed by atoms with E-state index in [0.717, 1.165) is 32.5 Å². The van der Waals surface area contributed by atoms with Gasteiger partial charge in [0.2, 0.25) is 0 Å². The quantitative estimate of drug-likeness (QED) is 0.0338. The molecule has 0 aromatic heterocycles. The number of rotatable bonds is 33. The van der Waals surface area contributed by atoms with Crippen molar-refractivity contribution in [1.82, 2.24) is 42.7 Å². The Balaban J connectivity index is 0.00000126. The summed E-state index contributed by atoms with van der Waals surface area (Å²) in [6, 6.07) is 0. The molecule has 3 rings (SSSR count). The van der Waals surface area contributed by atoms with Gasteiger partial charge in [-0.2, -0.15) is 0 Å². The highest BCUT2D eigenvalue weighted by molar-refractivity contribution is 7.54. The third-order valence-electron chi connectivity index (χ3n) is 12.5. The number of hydrogen-bond acceptors (Lipinski definition) is 17. The van der Waals surface area contributed by atoms with Crippen molar-refractivity contribution in [3.05, 3.63) is 0 Å². The minimum absolute atomic E-state index is 0. The van der Waals surface area contributed by atoms with Crippen LogP contribution in [0.25, 0.3) is 0 Å². The molecule has 3 aliphatic heterocycles. The van der Waals surface area contributed by atoms with E-state index in [1.165, 1.54) is 0 Å². The predicted octanol–water partition coefficient (Wildman–Crippen LogP) is 9.76. The first-order valence-corrected chi connectivity index (χ1v) is 35.1. The zero-order valence-corrected chi connectivity index (χ0v) is 58.6. The fourth-order valence-electron chi connectivity index (χ4n) is 7.80. The van der Waals surface area contributed by atoms with Crippen LogP contribution in [0.5, 0.6) is 0 Å². The number of amides is 3. The molecule has 86 heavy (non-hydrogen) atoms. The molecule has 3 saturated heterocycles. The summed E-state index contributed by atoms with van der Waals surface area (Å²) in [5, 5.41) is 0. The molecule has 3 unspecified atom stereocenters. The maximum atomic E-state index is 13.6. The van der Waals surface area contributed by atoms with Crippen LogP contribution >= 0.6 is 23.0 Å². The standard InChI is InChI=1S/C20H42N3O6P.C19H40N3O6P.C17H36N3O5P.CH4/c1-7-13-26-14-15-27-16-17-28-19(24)22-9-8-10-23(12-11-22)30(25,21(5)6)29-18-20(2,3)4;1-7-12-25-13-14-26-15-16-27-18(23)21-8-10-22(11-9-21)29(24,20(5)6)28-17-19(2,3)4;1-7-12-23-13-14-24-16(21)19-8-10-20(11-9-19)26(22,18(5)6)25-15-17(2,3)4;/h7-18H2,1-6H3;7-17H2,1-6H3;7-15H2,1-6H3;1H4. The third kappa shape index (κ3) is 34.4. The molecule has 26 nitrogen and oxygen atoms in total. The van der Waals surface area contributed by atoms with E-state index in [0.29, 0.717) is 158 Å². The highest BCUT2D eigenvalue weighted by atomic mass is 31.2. The predicted molar refractivity (Wildman–Crippen MR) is 340 cm³/mol. The molecule has 3 atom stereocenters. The lowest BCUT2D eigenvalue weighted by molar-refractivity contribution is 0.0198. The third-order valence-corrected chi connectivity index (χ3v) is 20.3. The summed E-state index contributed by atoms with van der Waals surface area (Å²) in [6.45, 7) is 37.6. The zero-order valence-electron chi connectivity index (χ0n) is 55.9. The van der Waals surface area contributed by atoms with Crippen molar-refractivity contribution in [2.75, 3.05) is 227 Å². The van der Waals surface area contributed by atoms with E-state index in [4.69, 9.17) is 51.5 Å². The summed E-state index contributed by atoms with van der Waals surface area (Å²) in [7, 11) is 1.27. The molecule has 29 heteroatoms. The van der Waals surface area contributed by atoms with Gasteiger partial charge in [-0.25, -0.2) is 42.4 Å². The second-order valence-corrected chi connectivity index (χ2v) is 32.9. The van der Waals surface area contributed by atoms with Crippen molar-refractivity contribution in [3.8, 4) is 0 Å². The van der Waals surface area contributed by atoms with Gasteiger partial charge in [-0.15, -0.1) is 0 Å². The largest absolute Gasteiger partial charge is 0.447 e. The van der Waals surface area contributed by atoms with Crippen LogP contribution in [0.3, 0.4) is 0 Å². The van der Waals surface area contributed by atoms with Gasteiger partial charge in [0, 0.05) is 98.4 Å². The Morgan fingerprint density at radius 3 is 0.802 bits per heavy atom. The highest BCUT2D eigenvalue weighted by Crippen LogP contribution is 2.55. The fourth-order valence-corrected chi connectivity index (χ4v) is 14.3. The number of carbonyl (C=O) groups excluding carboxylic acids is 3. The number of hydrogen-bond donors (Lipinski definition) is 0. The van der Waals surface area contributed by atoms with Crippen LogP contribution in [0.1, 0.15) is 116 Å². The van der Waals surface area contributed by atoms with Crippen molar-refractivity contribution in [3.63, 3.8) is 0 Å². The van der Waals surface area contributed by atoms with E-state index in [2.05, 4.69) is 34.6 Å². The van der Waals surface area contributed by atoms with E-state index in [9.17, 15) is 28.1 Å². The van der Waals surface area contributed by atoms with Gasteiger partial charge in [0.1, 0.15) is 19.8 Å². The van der Waals surface area contributed by atoms with Crippen LogP contribution in [-0.2, 0) is 65.2 Å². The first-order valence-electron chi connectivity index (χ1n) is 30.5. The Bertz CT molecular complexity index is 1960. The molecule has 512 valence electrons. The molecule has 0 spiro atoms. The second-order valence-electron chi connectivity index (χ2n) is 25.1. The summed E-state index contributed by atoms with van der Waals surface area (Å²) in [5.41, 5.74) is -0.240. The van der Waals surface area contributed by atoms with Gasteiger partial charge in [0.25, 0.3) is 0 Å². The van der Waals surface area contributed by atoms with Crippen LogP contribution < -0.4 is 0 Å². The Morgan fingerprint density at radius 2 is 0.570 bits per heavy atom. The average molecular weight is 1300 g/mol. The van der Waals surface area contributed by atoms with Crippen LogP contribution in [0.15, 0.2) is 0 Å². The van der Waals surface area contributed by atoms with Gasteiger partial charge < -0.3 is 66.2 Å². The Morgan fingerprint density at radius 1 is 0.349 bits per heavy atom. The summed E-state index contributed by atoms with van der Waals surface area (Å²) in [4.78, 5) is 41.6. The maximum Gasteiger partial charge on any atom is 0.409 e. The van der Waals surface area contributed by atoms with Gasteiger partial charge in [-0.05, 0) is 84.2 Å². The topological polar surface area (TPSA) is 233 Å². The van der Waals surface area contributed by atoms with Crippen LogP contribution in [0, 0.1) is 16.2 Å². The molecule has 0 aromatic rings. The summed E-state index contributed by atoms with van der Waals surface area (Å²) in [6.07, 6.45) is 2.54. The minimum Gasteiger partial charge on any atom is -0.447 e. The lowest BCUT2D eigenvalue weighted by Crippen LogP contribution is -2.49. The SMILES string of the molecule is C.CCCOCCOC(=O)N1CCN(P(=O)(OCC(C)(C)C)N(C)C)CC1.CCCOCCOCCOC(=O)N1CCCN(P(=O)(OCC(C)(C)C)N(C)C)CC1.CCCOCCOCCOC(=O)N1CCN(P(=O)(OCC(C)(C)C)N(C)C)CC1. The Labute approximate surface area is 520 Å². The van der Waals surface area contributed by atoms with Crippen LogP contribution in [0.2, 0.25) is 0 Å². The normalized spacial score (nSPS) is 18.2. The van der Waals surface area contributed by atoms with Gasteiger partial charge in [-0.3, -0.25) is 13.7 Å². The molecule has 3 fully saturated rings. The number of carbonyl (C=O) groups is 3. The van der Waals surface area contributed by atoms with E-state index in [-0.39, 0.29) is 61.8 Å². The molecule has 3 heterocycles. The lowest BCUT2D eigenvalue weighted by Gasteiger charge is -2.40. The summed E-state index contributed by atoms with van der Waals surface area (Å²) < 4.78 is 111. The van der Waals surface area contributed by atoms with Crippen molar-refractivity contribution in [1.29, 1.82) is 0 Å². The molecule has 0 saturated carbocycles. The molecule has 0 N–H and O–H groups in total. The number of piperazine rings is 2. The van der Waals surface area contributed by atoms with E-state index >= 15 is 0 Å². The first kappa shape index (κ1) is 83.9. The molecular weight excluding hydrogens is 1180 g/mol. The molecule has 0 aromatic carbocycles. The summed E-state index contributed by atoms with van der Waals surface area (Å²) in [5.74, 6) is 0. The Hall–Kier alpha value is -2.06. The van der Waals surface area contributed by atoms with Gasteiger partial charge in [0.05, 0.1) is 66.1 Å². The maximum absolute atomic E-state index is 13.6. The molecular formula is C57H122N9O17P3. The number of ether oxygens (including phenoxy) is 8. The van der Waals surface area contributed by atoms with Crippen molar-refractivity contribution in [2.24, 2.45) is 16.2 Å². The van der Waals surface area contributed by atoms with Gasteiger partial charge in [0.15, 0.2) is 0 Å². The van der Waals surface area contributed by atoms with E-state index in [1.54, 1.807) is 71.0 Å². The van der Waals surface area contributed by atoms with Gasteiger partial charge in [-0.1, -0.05) is 90.5 Å². The Kier molecular flexibility index (Phi) is 42.6. The molecule has 0 radical (unpaired) electrons. The fraction of sp³-hybridized carbons (Fsp3) is 0.947. The summed E-state index contributed by atoms with van der Waals surface area (Å²) >= 11 is 0. The van der Waals surface area contributed by atoms with Crippen LogP contribution in [0.4, 0.5) is 14.4 Å². The smallest absolute Gasteiger partial charge is 0.409 e.